The second-order valence-corrected chi connectivity index (χ2v) is 6.81. The molecule has 0 saturated carbocycles. The second-order valence-electron chi connectivity index (χ2n) is 6.81. The van der Waals surface area contributed by atoms with Gasteiger partial charge in [-0.1, -0.05) is 35.5 Å². The molecule has 2 aromatic carbocycles. The Morgan fingerprint density at radius 3 is 2.44 bits per heavy atom. The normalized spacial score (nSPS) is 19.1. The van der Waals surface area contributed by atoms with Gasteiger partial charge in [0.05, 0.1) is 7.11 Å². The summed E-state index contributed by atoms with van der Waals surface area (Å²) in [5.74, 6) is 0.940. The minimum atomic E-state index is -0.397. The van der Waals surface area contributed by atoms with Gasteiger partial charge in [-0.05, 0) is 48.6 Å². The van der Waals surface area contributed by atoms with Crippen LogP contribution >= 0.6 is 0 Å². The molecule has 5 nitrogen and oxygen atoms in total. The Morgan fingerprint density at radius 2 is 1.78 bits per heavy atom. The van der Waals surface area contributed by atoms with Gasteiger partial charge in [0.1, 0.15) is 17.0 Å². The maximum Gasteiger partial charge on any atom is 0.369 e. The Morgan fingerprint density at radius 1 is 1.07 bits per heavy atom. The standard InChI is InChI=1S/C22H22N2O3/c1-26-19-9-7-18(8-10-19)21-20(22(25)27-23-21)15-24-13-11-17(12-14-24)16-5-3-2-4-6-16/h2-10,15,17H,11-14H2,1H3. The summed E-state index contributed by atoms with van der Waals surface area (Å²) < 4.78 is 5.19. The van der Waals surface area contributed by atoms with Crippen LogP contribution in [0, 0.1) is 0 Å². The zero-order valence-electron chi connectivity index (χ0n) is 15.3. The third-order valence-electron chi connectivity index (χ3n) is 5.17. The monoisotopic (exact) mass is 362 g/mol. The third-order valence-corrected chi connectivity index (χ3v) is 5.17. The molecule has 1 saturated heterocycles. The molecule has 0 N–H and O–H groups in total. The number of piperidine rings is 1. The van der Waals surface area contributed by atoms with Crippen molar-refractivity contribution in [3.05, 3.63) is 77.5 Å². The molecule has 0 aromatic heterocycles. The summed E-state index contributed by atoms with van der Waals surface area (Å²) in [6.45, 7) is 1.82. The van der Waals surface area contributed by atoms with Crippen LogP contribution in [0.3, 0.4) is 0 Å². The van der Waals surface area contributed by atoms with E-state index < -0.39 is 5.97 Å². The molecule has 0 unspecified atom stereocenters. The fourth-order valence-electron chi connectivity index (χ4n) is 3.62. The topological polar surface area (TPSA) is 51.1 Å². The number of carbonyl (C=O) groups is 1. The SMILES string of the molecule is COc1ccc(C2=NOC(=O)C2=CN2CCC(c3ccccc3)CC2)cc1. The van der Waals surface area contributed by atoms with E-state index in [2.05, 4.69) is 40.4 Å². The van der Waals surface area contributed by atoms with E-state index in [0.717, 1.165) is 37.2 Å². The van der Waals surface area contributed by atoms with Crippen molar-refractivity contribution in [3.8, 4) is 5.75 Å². The Bertz CT molecular complexity index is 864. The van der Waals surface area contributed by atoms with Gasteiger partial charge in [-0.2, -0.15) is 0 Å². The summed E-state index contributed by atoms with van der Waals surface area (Å²) in [4.78, 5) is 19.3. The highest BCUT2D eigenvalue weighted by Crippen LogP contribution is 2.29. The molecule has 2 heterocycles. The molecule has 2 aromatic rings. The van der Waals surface area contributed by atoms with Crippen molar-refractivity contribution in [1.29, 1.82) is 0 Å². The highest BCUT2D eigenvalue weighted by Gasteiger charge is 2.29. The average Bonchev–Trinajstić information content (AvgIpc) is 3.09. The van der Waals surface area contributed by atoms with Gasteiger partial charge in [0.15, 0.2) is 0 Å². The Hall–Kier alpha value is -3.08. The molecular weight excluding hydrogens is 340 g/mol. The first-order valence-electron chi connectivity index (χ1n) is 9.19. The average molecular weight is 362 g/mol. The van der Waals surface area contributed by atoms with Crippen LogP contribution < -0.4 is 4.74 Å². The van der Waals surface area contributed by atoms with E-state index in [9.17, 15) is 4.79 Å². The molecule has 0 amide bonds. The molecule has 1 fully saturated rings. The second kappa shape index (κ2) is 7.66. The zero-order chi connectivity index (χ0) is 18.6. The van der Waals surface area contributed by atoms with Gasteiger partial charge >= 0.3 is 5.97 Å². The summed E-state index contributed by atoms with van der Waals surface area (Å²) >= 11 is 0. The molecule has 4 rings (SSSR count). The minimum absolute atomic E-state index is 0.397. The number of benzene rings is 2. The summed E-state index contributed by atoms with van der Waals surface area (Å²) in [5, 5.41) is 3.98. The maximum atomic E-state index is 12.2. The van der Waals surface area contributed by atoms with Crippen LogP contribution in [0.1, 0.15) is 29.9 Å². The lowest BCUT2D eigenvalue weighted by Gasteiger charge is -2.31. The molecule has 0 atom stereocenters. The number of oxime groups is 1. The minimum Gasteiger partial charge on any atom is -0.497 e. The number of likely N-dealkylation sites (tertiary alicyclic amines) is 1. The van der Waals surface area contributed by atoms with E-state index in [1.54, 1.807) is 7.11 Å². The molecule has 0 radical (unpaired) electrons. The van der Waals surface area contributed by atoms with Gasteiger partial charge in [-0.15, -0.1) is 0 Å². The molecule has 0 bridgehead atoms. The number of hydrogen-bond donors (Lipinski definition) is 0. The van der Waals surface area contributed by atoms with Crippen molar-refractivity contribution in [1.82, 2.24) is 4.90 Å². The largest absolute Gasteiger partial charge is 0.497 e. The smallest absolute Gasteiger partial charge is 0.369 e. The number of ether oxygens (including phenoxy) is 1. The predicted octanol–water partition coefficient (Wildman–Crippen LogP) is 3.72. The lowest BCUT2D eigenvalue weighted by atomic mass is 9.89. The Kier molecular flexibility index (Phi) is 4.92. The van der Waals surface area contributed by atoms with Gasteiger partial charge in [0.2, 0.25) is 0 Å². The quantitative estimate of drug-likeness (QED) is 0.614. The molecule has 0 aliphatic carbocycles. The van der Waals surface area contributed by atoms with Gasteiger partial charge < -0.3 is 14.5 Å². The van der Waals surface area contributed by atoms with E-state index in [1.807, 2.05) is 30.5 Å². The molecule has 0 spiro atoms. The van der Waals surface area contributed by atoms with Crippen molar-refractivity contribution in [2.45, 2.75) is 18.8 Å². The van der Waals surface area contributed by atoms with E-state index in [0.29, 0.717) is 17.2 Å². The van der Waals surface area contributed by atoms with Crippen LogP contribution in [-0.4, -0.2) is 36.8 Å². The first kappa shape index (κ1) is 17.3. The fourth-order valence-corrected chi connectivity index (χ4v) is 3.62. The Balaban J connectivity index is 1.47. The van der Waals surface area contributed by atoms with Crippen LogP contribution in [0.5, 0.6) is 5.75 Å². The summed E-state index contributed by atoms with van der Waals surface area (Å²) in [7, 11) is 1.62. The van der Waals surface area contributed by atoms with Gasteiger partial charge in [-0.3, -0.25) is 0 Å². The first-order valence-corrected chi connectivity index (χ1v) is 9.19. The summed E-state index contributed by atoms with van der Waals surface area (Å²) in [5.41, 5.74) is 3.32. The molecule has 2 aliphatic rings. The zero-order valence-corrected chi connectivity index (χ0v) is 15.3. The summed E-state index contributed by atoms with van der Waals surface area (Å²) in [6, 6.07) is 18.1. The van der Waals surface area contributed by atoms with Crippen molar-refractivity contribution in [2.75, 3.05) is 20.2 Å². The number of carbonyl (C=O) groups excluding carboxylic acids is 1. The number of rotatable bonds is 4. The number of methoxy groups -OCH3 is 1. The van der Waals surface area contributed by atoms with E-state index in [4.69, 9.17) is 9.57 Å². The van der Waals surface area contributed by atoms with Crippen molar-refractivity contribution < 1.29 is 14.4 Å². The number of nitrogens with zero attached hydrogens (tertiary/aromatic N) is 2. The third kappa shape index (κ3) is 3.72. The lowest BCUT2D eigenvalue weighted by molar-refractivity contribution is -0.136. The molecular formula is C22H22N2O3. The first-order chi connectivity index (χ1) is 13.2. The Labute approximate surface area is 158 Å². The number of hydrogen-bond acceptors (Lipinski definition) is 5. The van der Waals surface area contributed by atoms with E-state index >= 15 is 0 Å². The van der Waals surface area contributed by atoms with Crippen molar-refractivity contribution in [2.24, 2.45) is 5.16 Å². The highest BCUT2D eigenvalue weighted by atomic mass is 16.7. The van der Waals surface area contributed by atoms with Crippen LogP contribution in [0.15, 0.2) is 71.5 Å². The molecule has 2 aliphatic heterocycles. The summed E-state index contributed by atoms with van der Waals surface area (Å²) in [6.07, 6.45) is 4.04. The van der Waals surface area contributed by atoms with Crippen LogP contribution in [0.25, 0.3) is 0 Å². The van der Waals surface area contributed by atoms with Crippen molar-refractivity contribution >= 4 is 11.7 Å². The highest BCUT2D eigenvalue weighted by molar-refractivity contribution is 6.28. The van der Waals surface area contributed by atoms with Gasteiger partial charge in [0, 0.05) is 24.9 Å². The van der Waals surface area contributed by atoms with Crippen molar-refractivity contribution in [3.63, 3.8) is 0 Å². The fraction of sp³-hybridized carbons (Fsp3) is 0.273. The van der Waals surface area contributed by atoms with E-state index in [1.165, 1.54) is 5.56 Å². The molecule has 5 heteroatoms. The van der Waals surface area contributed by atoms with Crippen LogP contribution in [0.2, 0.25) is 0 Å². The maximum absolute atomic E-state index is 12.2. The molecule has 27 heavy (non-hydrogen) atoms. The van der Waals surface area contributed by atoms with Crippen LogP contribution in [-0.2, 0) is 9.63 Å². The predicted molar refractivity (Wildman–Crippen MR) is 104 cm³/mol. The molecule has 138 valence electrons. The lowest BCUT2D eigenvalue weighted by Crippen LogP contribution is -2.30. The van der Waals surface area contributed by atoms with E-state index in [-0.39, 0.29) is 0 Å². The van der Waals surface area contributed by atoms with Gasteiger partial charge in [-0.25, -0.2) is 4.79 Å². The van der Waals surface area contributed by atoms with Gasteiger partial charge in [0.25, 0.3) is 0 Å². The van der Waals surface area contributed by atoms with Crippen LogP contribution in [0.4, 0.5) is 0 Å².